The fraction of sp³-hybridized carbons (Fsp3) is 0.150. The third-order valence-corrected chi connectivity index (χ3v) is 5.14. The quantitative estimate of drug-likeness (QED) is 0.497. The molecule has 1 amide bonds. The number of hydrogen-bond acceptors (Lipinski definition) is 5. The van der Waals surface area contributed by atoms with Crippen LogP contribution in [0.3, 0.4) is 0 Å². The number of rotatable bonds is 6. The van der Waals surface area contributed by atoms with Gasteiger partial charge in [0.05, 0.1) is 11.3 Å². The van der Waals surface area contributed by atoms with E-state index in [1.807, 2.05) is 30.5 Å². The Kier molecular flexibility index (Phi) is 5.12. The van der Waals surface area contributed by atoms with Crippen LogP contribution in [0.15, 0.2) is 64.4 Å². The maximum absolute atomic E-state index is 13.7. The van der Waals surface area contributed by atoms with Crippen molar-refractivity contribution >= 4 is 28.6 Å². The van der Waals surface area contributed by atoms with Gasteiger partial charge in [0.15, 0.2) is 0 Å². The summed E-state index contributed by atoms with van der Waals surface area (Å²) in [6, 6.07) is 14.2. The summed E-state index contributed by atoms with van der Waals surface area (Å²) >= 11 is 1.16. The smallest absolute Gasteiger partial charge is 0.277 e. The van der Waals surface area contributed by atoms with E-state index in [-0.39, 0.29) is 24.0 Å². The third-order valence-electron chi connectivity index (χ3n) is 4.34. The summed E-state index contributed by atoms with van der Waals surface area (Å²) in [6.07, 6.45) is 1.82. The molecule has 0 saturated heterocycles. The molecule has 0 bridgehead atoms. The molecule has 142 valence electrons. The van der Waals surface area contributed by atoms with E-state index >= 15 is 0 Å². The van der Waals surface area contributed by atoms with Gasteiger partial charge in [-0.2, -0.15) is 0 Å². The molecule has 0 aliphatic carbocycles. The maximum atomic E-state index is 13.7. The normalized spacial score (nSPS) is 11.1. The number of para-hydroxylation sites is 1. The molecule has 1 N–H and O–H groups in total. The molecule has 0 fully saturated rings. The molecule has 2 aromatic carbocycles. The van der Waals surface area contributed by atoms with Crippen LogP contribution in [0.25, 0.3) is 22.4 Å². The van der Waals surface area contributed by atoms with E-state index in [2.05, 4.69) is 15.2 Å². The van der Waals surface area contributed by atoms with Gasteiger partial charge in [0.25, 0.3) is 11.1 Å². The first-order valence-electron chi connectivity index (χ1n) is 8.62. The van der Waals surface area contributed by atoms with E-state index < -0.39 is 0 Å². The van der Waals surface area contributed by atoms with Crippen molar-refractivity contribution in [1.29, 1.82) is 0 Å². The number of carbonyl (C=O) groups excluding carboxylic acids is 1. The van der Waals surface area contributed by atoms with Gasteiger partial charge in [0.2, 0.25) is 5.91 Å². The highest BCUT2D eigenvalue weighted by Gasteiger charge is 2.16. The molecule has 4 aromatic rings. The minimum Gasteiger partial charge on any atom is -0.411 e. The Morgan fingerprint density at radius 1 is 1.18 bits per heavy atom. The van der Waals surface area contributed by atoms with Gasteiger partial charge in [-0.1, -0.05) is 48.2 Å². The number of hydrogen-bond donors (Lipinski definition) is 1. The van der Waals surface area contributed by atoms with Gasteiger partial charge in [0, 0.05) is 36.3 Å². The minimum atomic E-state index is -0.324. The van der Waals surface area contributed by atoms with Crippen LogP contribution in [0, 0.1) is 5.82 Å². The van der Waals surface area contributed by atoms with Gasteiger partial charge in [-0.15, -0.1) is 10.2 Å². The number of nitrogens with zero attached hydrogens (tertiary/aromatic N) is 3. The van der Waals surface area contributed by atoms with Crippen LogP contribution in [0.2, 0.25) is 0 Å². The topological polar surface area (TPSA) is 75.0 Å². The SMILES string of the molecule is CN(Cc1ccccc1F)C(=O)CSc1nnc(-c2c[nH]c3ccccc23)o1. The van der Waals surface area contributed by atoms with Crippen molar-refractivity contribution in [3.63, 3.8) is 0 Å². The molecule has 28 heavy (non-hydrogen) atoms. The van der Waals surface area contributed by atoms with Gasteiger partial charge >= 0.3 is 0 Å². The van der Waals surface area contributed by atoms with E-state index in [0.717, 1.165) is 28.2 Å². The first kappa shape index (κ1) is 18.2. The molecule has 0 aliphatic heterocycles. The van der Waals surface area contributed by atoms with Gasteiger partial charge in [0.1, 0.15) is 5.82 Å². The molecule has 2 heterocycles. The number of nitrogens with one attached hydrogen (secondary N) is 1. The molecular weight excluding hydrogens is 379 g/mol. The standard InChI is InChI=1S/C20H17FN4O2S/c1-25(11-13-6-2-4-8-16(13)21)18(26)12-28-20-24-23-19(27-20)15-10-22-17-9-5-3-7-14(15)17/h2-10,22H,11-12H2,1H3. The van der Waals surface area contributed by atoms with Crippen LogP contribution in [0.4, 0.5) is 4.39 Å². The summed E-state index contributed by atoms with van der Waals surface area (Å²) in [5.74, 6) is 0.0442. The number of halogens is 1. The summed E-state index contributed by atoms with van der Waals surface area (Å²) in [5, 5.41) is 9.39. The van der Waals surface area contributed by atoms with Gasteiger partial charge in [-0.05, 0) is 12.1 Å². The molecule has 8 heteroatoms. The van der Waals surface area contributed by atoms with Gasteiger partial charge in [-0.3, -0.25) is 4.79 Å². The number of thioether (sulfide) groups is 1. The Morgan fingerprint density at radius 2 is 1.96 bits per heavy atom. The average molecular weight is 396 g/mol. The minimum absolute atomic E-state index is 0.125. The van der Waals surface area contributed by atoms with Crippen molar-refractivity contribution in [2.45, 2.75) is 11.8 Å². The van der Waals surface area contributed by atoms with E-state index in [4.69, 9.17) is 4.42 Å². The number of aromatic nitrogens is 3. The van der Waals surface area contributed by atoms with Crippen LogP contribution >= 0.6 is 11.8 Å². The van der Waals surface area contributed by atoms with E-state index in [0.29, 0.717) is 16.7 Å². The molecule has 0 atom stereocenters. The van der Waals surface area contributed by atoms with Crippen molar-refractivity contribution in [2.24, 2.45) is 0 Å². The van der Waals surface area contributed by atoms with E-state index in [1.54, 1.807) is 25.2 Å². The predicted molar refractivity (Wildman–Crippen MR) is 105 cm³/mol. The van der Waals surface area contributed by atoms with Crippen molar-refractivity contribution in [3.05, 3.63) is 66.1 Å². The number of fused-ring (bicyclic) bond motifs is 1. The second-order valence-corrected chi connectivity index (χ2v) is 7.18. The maximum Gasteiger partial charge on any atom is 0.277 e. The zero-order valence-corrected chi connectivity index (χ0v) is 15.9. The molecule has 0 saturated carbocycles. The fourth-order valence-corrected chi connectivity index (χ4v) is 3.53. The monoisotopic (exact) mass is 396 g/mol. The number of benzene rings is 2. The lowest BCUT2D eigenvalue weighted by Gasteiger charge is -2.16. The van der Waals surface area contributed by atoms with Crippen LogP contribution in [-0.2, 0) is 11.3 Å². The lowest BCUT2D eigenvalue weighted by atomic mass is 10.2. The molecular formula is C20H17FN4O2S. The lowest BCUT2D eigenvalue weighted by Crippen LogP contribution is -2.28. The number of carbonyl (C=O) groups is 1. The van der Waals surface area contributed by atoms with Crippen molar-refractivity contribution in [2.75, 3.05) is 12.8 Å². The second kappa shape index (κ2) is 7.85. The van der Waals surface area contributed by atoms with Gasteiger partial charge < -0.3 is 14.3 Å². The highest BCUT2D eigenvalue weighted by molar-refractivity contribution is 7.99. The summed E-state index contributed by atoms with van der Waals surface area (Å²) < 4.78 is 19.4. The molecule has 0 radical (unpaired) electrons. The Labute approximate surface area is 164 Å². The Morgan fingerprint density at radius 3 is 2.82 bits per heavy atom. The largest absolute Gasteiger partial charge is 0.411 e. The van der Waals surface area contributed by atoms with Crippen LogP contribution in [0.1, 0.15) is 5.56 Å². The zero-order chi connectivity index (χ0) is 19.5. The molecule has 4 rings (SSSR count). The summed E-state index contributed by atoms with van der Waals surface area (Å²) in [7, 11) is 1.64. The fourth-order valence-electron chi connectivity index (χ4n) is 2.83. The lowest BCUT2D eigenvalue weighted by molar-refractivity contribution is -0.127. The summed E-state index contributed by atoms with van der Waals surface area (Å²) in [5.41, 5.74) is 2.27. The van der Waals surface area contributed by atoms with Crippen LogP contribution in [0.5, 0.6) is 0 Å². The third kappa shape index (κ3) is 3.77. The first-order chi connectivity index (χ1) is 13.6. The van der Waals surface area contributed by atoms with Crippen molar-refractivity contribution in [1.82, 2.24) is 20.1 Å². The molecule has 0 unspecified atom stereocenters. The average Bonchev–Trinajstić information content (AvgIpc) is 3.34. The van der Waals surface area contributed by atoms with Crippen LogP contribution < -0.4 is 0 Å². The van der Waals surface area contributed by atoms with Crippen LogP contribution in [-0.4, -0.2) is 38.8 Å². The van der Waals surface area contributed by atoms with Gasteiger partial charge in [-0.25, -0.2) is 4.39 Å². The predicted octanol–water partition coefficient (Wildman–Crippen LogP) is 4.11. The Balaban J connectivity index is 1.39. The number of H-pyrrole nitrogens is 1. The highest BCUT2D eigenvalue weighted by atomic mass is 32.2. The summed E-state index contributed by atoms with van der Waals surface area (Å²) in [4.78, 5) is 17.0. The van der Waals surface area contributed by atoms with E-state index in [1.165, 1.54) is 11.0 Å². The van der Waals surface area contributed by atoms with Crippen molar-refractivity contribution in [3.8, 4) is 11.5 Å². The second-order valence-electron chi connectivity index (χ2n) is 6.25. The van der Waals surface area contributed by atoms with Crippen molar-refractivity contribution < 1.29 is 13.6 Å². The molecule has 0 spiro atoms. The number of amides is 1. The first-order valence-corrected chi connectivity index (χ1v) is 9.60. The summed E-state index contributed by atoms with van der Waals surface area (Å²) in [6.45, 7) is 0.205. The van der Waals surface area contributed by atoms with E-state index in [9.17, 15) is 9.18 Å². The highest BCUT2D eigenvalue weighted by Crippen LogP contribution is 2.29. The molecule has 0 aliphatic rings. The Bertz CT molecular complexity index is 1120. The molecule has 6 nitrogen and oxygen atoms in total. The molecule has 2 aromatic heterocycles. The zero-order valence-electron chi connectivity index (χ0n) is 15.1. The Hall–Kier alpha value is -3.13. The number of aromatic amines is 1.